The molecule has 2 rings (SSSR count). The topological polar surface area (TPSA) is 64.7 Å². The molecule has 2 saturated heterocycles. The van der Waals surface area contributed by atoms with Crippen LogP contribution in [0.4, 0.5) is 0 Å². The van der Waals surface area contributed by atoms with E-state index in [-0.39, 0.29) is 17.4 Å². The van der Waals surface area contributed by atoms with Gasteiger partial charge in [-0.2, -0.15) is 0 Å². The minimum absolute atomic E-state index is 0.0692. The standard InChI is InChI=1S/C15H28N4O2/c1-3-15(6-5-7-17-15)14(21)19-10-8-18(9-11-19)12-13(20)16-4-2/h17H,3-12H2,1-2H3,(H,16,20). The van der Waals surface area contributed by atoms with Crippen LogP contribution in [0.5, 0.6) is 0 Å². The van der Waals surface area contributed by atoms with Crippen molar-refractivity contribution in [2.45, 2.75) is 38.6 Å². The first-order valence-corrected chi connectivity index (χ1v) is 8.14. The summed E-state index contributed by atoms with van der Waals surface area (Å²) in [6.07, 6.45) is 2.88. The molecule has 120 valence electrons. The first kappa shape index (κ1) is 16.2. The second-order valence-electron chi connectivity index (χ2n) is 5.99. The summed E-state index contributed by atoms with van der Waals surface area (Å²) in [5, 5.41) is 6.22. The average molecular weight is 296 g/mol. The monoisotopic (exact) mass is 296 g/mol. The first-order valence-electron chi connectivity index (χ1n) is 8.14. The highest BCUT2D eigenvalue weighted by atomic mass is 16.2. The summed E-state index contributed by atoms with van der Waals surface area (Å²) < 4.78 is 0. The van der Waals surface area contributed by atoms with Gasteiger partial charge < -0.3 is 15.5 Å². The Bertz CT molecular complexity index is 372. The number of amides is 2. The molecular weight excluding hydrogens is 268 g/mol. The molecule has 6 nitrogen and oxygen atoms in total. The van der Waals surface area contributed by atoms with Crippen LogP contribution >= 0.6 is 0 Å². The van der Waals surface area contributed by atoms with Crippen LogP contribution in [0, 0.1) is 0 Å². The van der Waals surface area contributed by atoms with Gasteiger partial charge >= 0.3 is 0 Å². The van der Waals surface area contributed by atoms with Crippen molar-refractivity contribution in [3.63, 3.8) is 0 Å². The van der Waals surface area contributed by atoms with E-state index in [1.807, 2.05) is 11.8 Å². The van der Waals surface area contributed by atoms with Crippen LogP contribution in [0.25, 0.3) is 0 Å². The van der Waals surface area contributed by atoms with Crippen molar-refractivity contribution in [2.24, 2.45) is 0 Å². The molecule has 1 unspecified atom stereocenters. The lowest BCUT2D eigenvalue weighted by molar-refractivity contribution is -0.140. The van der Waals surface area contributed by atoms with Gasteiger partial charge in [-0.3, -0.25) is 14.5 Å². The summed E-state index contributed by atoms with van der Waals surface area (Å²) in [5.74, 6) is 0.319. The zero-order chi connectivity index (χ0) is 15.3. The maximum atomic E-state index is 12.8. The smallest absolute Gasteiger partial charge is 0.242 e. The summed E-state index contributed by atoms with van der Waals surface area (Å²) in [6, 6.07) is 0. The molecule has 2 amide bonds. The van der Waals surface area contributed by atoms with Crippen molar-refractivity contribution in [3.8, 4) is 0 Å². The van der Waals surface area contributed by atoms with Gasteiger partial charge in [0.05, 0.1) is 12.1 Å². The lowest BCUT2D eigenvalue weighted by Gasteiger charge is -2.39. The summed E-state index contributed by atoms with van der Waals surface area (Å²) in [7, 11) is 0. The number of piperazine rings is 1. The molecule has 0 spiro atoms. The number of hydrogen-bond acceptors (Lipinski definition) is 4. The van der Waals surface area contributed by atoms with Gasteiger partial charge in [0.25, 0.3) is 0 Å². The third-order valence-corrected chi connectivity index (χ3v) is 4.66. The molecule has 0 radical (unpaired) electrons. The molecule has 0 aromatic heterocycles. The van der Waals surface area contributed by atoms with Gasteiger partial charge in [-0.05, 0) is 32.7 Å². The molecule has 1 atom stereocenters. The van der Waals surface area contributed by atoms with Crippen LogP contribution in [0.2, 0.25) is 0 Å². The molecule has 2 heterocycles. The van der Waals surface area contributed by atoms with Gasteiger partial charge in [0.1, 0.15) is 0 Å². The number of nitrogens with zero attached hydrogens (tertiary/aromatic N) is 2. The predicted molar refractivity (Wildman–Crippen MR) is 82.0 cm³/mol. The molecule has 0 aromatic rings. The lowest BCUT2D eigenvalue weighted by Crippen LogP contribution is -2.59. The van der Waals surface area contributed by atoms with Crippen LogP contribution < -0.4 is 10.6 Å². The number of rotatable bonds is 5. The van der Waals surface area contributed by atoms with E-state index < -0.39 is 0 Å². The Labute approximate surface area is 127 Å². The molecule has 0 aromatic carbocycles. The maximum absolute atomic E-state index is 12.8. The SMILES string of the molecule is CCNC(=O)CN1CCN(C(=O)C2(CC)CCCN2)CC1. The van der Waals surface area contributed by atoms with Crippen LogP contribution in [-0.4, -0.2) is 73.0 Å². The number of carbonyl (C=O) groups excluding carboxylic acids is 2. The second kappa shape index (κ2) is 7.22. The van der Waals surface area contributed by atoms with Crippen molar-refractivity contribution in [2.75, 3.05) is 45.8 Å². The molecule has 0 saturated carbocycles. The normalized spacial score (nSPS) is 26.9. The van der Waals surface area contributed by atoms with E-state index in [1.54, 1.807) is 0 Å². The highest BCUT2D eigenvalue weighted by Gasteiger charge is 2.42. The molecule has 2 aliphatic heterocycles. The number of likely N-dealkylation sites (N-methyl/N-ethyl adjacent to an activating group) is 1. The molecule has 2 N–H and O–H groups in total. The number of hydrogen-bond donors (Lipinski definition) is 2. The predicted octanol–water partition coefficient (Wildman–Crippen LogP) is -0.201. The third-order valence-electron chi connectivity index (χ3n) is 4.66. The Balaban J connectivity index is 1.83. The van der Waals surface area contributed by atoms with E-state index in [0.29, 0.717) is 13.1 Å². The lowest BCUT2D eigenvalue weighted by atomic mass is 9.92. The Morgan fingerprint density at radius 3 is 2.43 bits per heavy atom. The molecule has 6 heteroatoms. The molecule has 21 heavy (non-hydrogen) atoms. The summed E-state index contributed by atoms with van der Waals surface area (Å²) in [6.45, 7) is 9.06. The summed E-state index contributed by atoms with van der Waals surface area (Å²) in [4.78, 5) is 28.4. The molecular formula is C15H28N4O2. The van der Waals surface area contributed by atoms with Crippen molar-refractivity contribution in [1.82, 2.24) is 20.4 Å². The highest BCUT2D eigenvalue weighted by molar-refractivity contribution is 5.87. The van der Waals surface area contributed by atoms with E-state index in [0.717, 1.165) is 52.0 Å². The van der Waals surface area contributed by atoms with Crippen LogP contribution in [0.15, 0.2) is 0 Å². The van der Waals surface area contributed by atoms with Gasteiger partial charge in [0.15, 0.2) is 0 Å². The van der Waals surface area contributed by atoms with Crippen molar-refractivity contribution >= 4 is 11.8 Å². The van der Waals surface area contributed by atoms with E-state index in [2.05, 4.69) is 22.5 Å². The number of carbonyl (C=O) groups is 2. The fraction of sp³-hybridized carbons (Fsp3) is 0.867. The van der Waals surface area contributed by atoms with Gasteiger partial charge in [-0.1, -0.05) is 6.92 Å². The maximum Gasteiger partial charge on any atom is 0.242 e. The minimum Gasteiger partial charge on any atom is -0.355 e. The average Bonchev–Trinajstić information content (AvgIpc) is 2.97. The van der Waals surface area contributed by atoms with Crippen LogP contribution in [0.1, 0.15) is 33.1 Å². The Morgan fingerprint density at radius 1 is 1.19 bits per heavy atom. The van der Waals surface area contributed by atoms with E-state index >= 15 is 0 Å². The first-order chi connectivity index (χ1) is 10.1. The zero-order valence-electron chi connectivity index (χ0n) is 13.3. The van der Waals surface area contributed by atoms with Crippen LogP contribution in [0.3, 0.4) is 0 Å². The van der Waals surface area contributed by atoms with Gasteiger partial charge in [-0.15, -0.1) is 0 Å². The molecule has 2 fully saturated rings. The Morgan fingerprint density at radius 2 is 1.90 bits per heavy atom. The third kappa shape index (κ3) is 3.74. The zero-order valence-corrected chi connectivity index (χ0v) is 13.3. The Hall–Kier alpha value is -1.14. The minimum atomic E-state index is -0.332. The molecule has 0 bridgehead atoms. The number of nitrogens with one attached hydrogen (secondary N) is 2. The van der Waals surface area contributed by atoms with Gasteiger partial charge in [0.2, 0.25) is 11.8 Å². The van der Waals surface area contributed by atoms with E-state index in [9.17, 15) is 9.59 Å². The second-order valence-corrected chi connectivity index (χ2v) is 5.99. The Kier molecular flexibility index (Phi) is 5.58. The molecule has 0 aliphatic carbocycles. The quantitative estimate of drug-likeness (QED) is 0.737. The van der Waals surface area contributed by atoms with Gasteiger partial charge in [0, 0.05) is 32.7 Å². The van der Waals surface area contributed by atoms with Crippen molar-refractivity contribution in [1.29, 1.82) is 0 Å². The highest BCUT2D eigenvalue weighted by Crippen LogP contribution is 2.25. The van der Waals surface area contributed by atoms with E-state index in [4.69, 9.17) is 0 Å². The van der Waals surface area contributed by atoms with Crippen LogP contribution in [-0.2, 0) is 9.59 Å². The van der Waals surface area contributed by atoms with Gasteiger partial charge in [-0.25, -0.2) is 0 Å². The summed E-state index contributed by atoms with van der Waals surface area (Å²) in [5.41, 5.74) is -0.332. The van der Waals surface area contributed by atoms with Crippen molar-refractivity contribution in [3.05, 3.63) is 0 Å². The summed E-state index contributed by atoms with van der Waals surface area (Å²) >= 11 is 0. The van der Waals surface area contributed by atoms with Crippen molar-refractivity contribution < 1.29 is 9.59 Å². The van der Waals surface area contributed by atoms with E-state index in [1.165, 1.54) is 0 Å². The fourth-order valence-electron chi connectivity index (χ4n) is 3.31. The largest absolute Gasteiger partial charge is 0.355 e. The molecule has 2 aliphatic rings. The fourth-order valence-corrected chi connectivity index (χ4v) is 3.31.